The second kappa shape index (κ2) is 9.53. The molecule has 1 atom stereocenters. The van der Waals surface area contributed by atoms with Gasteiger partial charge in [-0.2, -0.15) is 0 Å². The fourth-order valence-electron chi connectivity index (χ4n) is 2.28. The highest BCUT2D eigenvalue weighted by Crippen LogP contribution is 2.21. The van der Waals surface area contributed by atoms with E-state index in [-0.39, 0.29) is 6.61 Å². The standard InChI is InChI=1S/C18H17N5O2S/c19-22-20-16(11-24-10-14-4-2-1-3-5-14)12-25-17-8-6-15(7-9-17)18-13-26-23-21-18/h1-9,13,16H,10-12H2/t16-/m1/s1. The number of aromatic nitrogens is 2. The number of rotatable bonds is 9. The first kappa shape index (κ1) is 17.9. The van der Waals surface area contributed by atoms with E-state index in [1.807, 2.05) is 60.0 Å². The van der Waals surface area contributed by atoms with Gasteiger partial charge in [-0.3, -0.25) is 0 Å². The monoisotopic (exact) mass is 367 g/mol. The van der Waals surface area contributed by atoms with Crippen molar-refractivity contribution in [1.29, 1.82) is 0 Å². The third-order valence-electron chi connectivity index (χ3n) is 3.59. The second-order valence-electron chi connectivity index (χ2n) is 5.48. The highest BCUT2D eigenvalue weighted by atomic mass is 32.1. The summed E-state index contributed by atoms with van der Waals surface area (Å²) in [5.74, 6) is 0.693. The van der Waals surface area contributed by atoms with Crippen LogP contribution in [0.15, 0.2) is 65.1 Å². The van der Waals surface area contributed by atoms with Crippen LogP contribution in [-0.4, -0.2) is 28.8 Å². The van der Waals surface area contributed by atoms with Crippen LogP contribution in [0.4, 0.5) is 0 Å². The van der Waals surface area contributed by atoms with Gasteiger partial charge in [0.05, 0.1) is 25.9 Å². The number of nitrogens with zero attached hydrogens (tertiary/aromatic N) is 5. The molecule has 3 rings (SSSR count). The van der Waals surface area contributed by atoms with Gasteiger partial charge in [-0.25, -0.2) is 0 Å². The maximum Gasteiger partial charge on any atom is 0.119 e. The van der Waals surface area contributed by atoms with Gasteiger partial charge in [0.15, 0.2) is 0 Å². The fourth-order valence-corrected chi connectivity index (χ4v) is 2.74. The molecule has 132 valence electrons. The van der Waals surface area contributed by atoms with Crippen molar-refractivity contribution in [2.45, 2.75) is 12.6 Å². The van der Waals surface area contributed by atoms with E-state index in [4.69, 9.17) is 15.0 Å². The van der Waals surface area contributed by atoms with Gasteiger partial charge in [0, 0.05) is 15.9 Å². The summed E-state index contributed by atoms with van der Waals surface area (Å²) in [4.78, 5) is 2.87. The van der Waals surface area contributed by atoms with Gasteiger partial charge < -0.3 is 9.47 Å². The average molecular weight is 367 g/mol. The quantitative estimate of drug-likeness (QED) is 0.317. The third kappa shape index (κ3) is 5.29. The number of ether oxygens (including phenoxy) is 2. The van der Waals surface area contributed by atoms with Crippen LogP contribution in [0.5, 0.6) is 5.75 Å². The Labute approximate surface area is 155 Å². The molecule has 1 heterocycles. The lowest BCUT2D eigenvalue weighted by molar-refractivity contribution is 0.0936. The van der Waals surface area contributed by atoms with Gasteiger partial charge >= 0.3 is 0 Å². The van der Waals surface area contributed by atoms with Crippen LogP contribution in [0, 0.1) is 0 Å². The second-order valence-corrected chi connectivity index (χ2v) is 6.09. The number of hydrogen-bond acceptors (Lipinski definition) is 6. The van der Waals surface area contributed by atoms with Crippen molar-refractivity contribution in [3.05, 3.63) is 76.0 Å². The first-order valence-electron chi connectivity index (χ1n) is 8.01. The Kier molecular flexibility index (Phi) is 6.55. The lowest BCUT2D eigenvalue weighted by atomic mass is 10.2. The molecule has 0 unspecified atom stereocenters. The maximum atomic E-state index is 8.73. The van der Waals surface area contributed by atoms with Crippen LogP contribution in [0.25, 0.3) is 21.7 Å². The molecule has 8 heteroatoms. The molecule has 0 amide bonds. The van der Waals surface area contributed by atoms with Crippen molar-refractivity contribution >= 4 is 11.5 Å². The Balaban J connectivity index is 1.49. The zero-order valence-electron chi connectivity index (χ0n) is 13.9. The van der Waals surface area contributed by atoms with Crippen molar-refractivity contribution in [2.75, 3.05) is 13.2 Å². The van der Waals surface area contributed by atoms with Gasteiger partial charge in [-0.05, 0) is 46.9 Å². The molecular formula is C18H17N5O2S. The van der Waals surface area contributed by atoms with Crippen molar-refractivity contribution < 1.29 is 9.47 Å². The molecule has 3 aromatic rings. The number of benzene rings is 2. The summed E-state index contributed by atoms with van der Waals surface area (Å²) in [5.41, 5.74) is 11.6. The number of hydrogen-bond donors (Lipinski definition) is 0. The van der Waals surface area contributed by atoms with Crippen LogP contribution < -0.4 is 4.74 Å². The van der Waals surface area contributed by atoms with E-state index in [0.717, 1.165) is 16.8 Å². The normalized spacial score (nSPS) is 11.5. The summed E-state index contributed by atoms with van der Waals surface area (Å²) >= 11 is 1.31. The van der Waals surface area contributed by atoms with Gasteiger partial charge in [0.25, 0.3) is 0 Å². The predicted octanol–water partition coefficient (Wildman–Crippen LogP) is 4.48. The van der Waals surface area contributed by atoms with E-state index in [1.54, 1.807) is 0 Å². The SMILES string of the molecule is [N-]=[N+]=N[C@H](COCc1ccccc1)COc1ccc(-c2csnn2)cc1. The summed E-state index contributed by atoms with van der Waals surface area (Å²) in [6.45, 7) is 1.01. The van der Waals surface area contributed by atoms with Crippen LogP contribution >= 0.6 is 11.5 Å². The Morgan fingerprint density at radius 2 is 1.88 bits per heavy atom. The molecule has 0 aliphatic rings. The molecule has 26 heavy (non-hydrogen) atoms. The molecular weight excluding hydrogens is 350 g/mol. The molecule has 0 saturated heterocycles. The van der Waals surface area contributed by atoms with Gasteiger partial charge in [0.1, 0.15) is 11.4 Å². The highest BCUT2D eigenvalue weighted by Gasteiger charge is 2.09. The molecule has 2 aromatic carbocycles. The molecule has 0 aliphatic carbocycles. The Bertz CT molecular complexity index is 834. The molecule has 0 fully saturated rings. The minimum Gasteiger partial charge on any atom is -0.493 e. The van der Waals surface area contributed by atoms with E-state index in [0.29, 0.717) is 19.0 Å². The molecule has 7 nitrogen and oxygen atoms in total. The summed E-state index contributed by atoms with van der Waals surface area (Å²) in [7, 11) is 0. The number of azide groups is 1. The third-order valence-corrected chi connectivity index (χ3v) is 4.09. The van der Waals surface area contributed by atoms with Crippen molar-refractivity contribution in [2.24, 2.45) is 5.11 Å². The van der Waals surface area contributed by atoms with Crippen LogP contribution in [-0.2, 0) is 11.3 Å². The predicted molar refractivity (Wildman–Crippen MR) is 99.9 cm³/mol. The van der Waals surface area contributed by atoms with Crippen molar-refractivity contribution in [1.82, 2.24) is 9.59 Å². The summed E-state index contributed by atoms with van der Waals surface area (Å²) in [6, 6.07) is 17.0. The summed E-state index contributed by atoms with van der Waals surface area (Å²) < 4.78 is 15.2. The molecule has 0 radical (unpaired) electrons. The van der Waals surface area contributed by atoms with E-state index >= 15 is 0 Å². The largest absolute Gasteiger partial charge is 0.493 e. The molecule has 0 spiro atoms. The van der Waals surface area contributed by atoms with Gasteiger partial charge in [-0.1, -0.05) is 39.9 Å². The van der Waals surface area contributed by atoms with Crippen LogP contribution in [0.2, 0.25) is 0 Å². The van der Waals surface area contributed by atoms with Crippen LogP contribution in [0.3, 0.4) is 0 Å². The van der Waals surface area contributed by atoms with Gasteiger partial charge in [-0.15, -0.1) is 5.10 Å². The smallest absolute Gasteiger partial charge is 0.119 e. The molecule has 0 N–H and O–H groups in total. The molecule has 1 aromatic heterocycles. The van der Waals surface area contributed by atoms with E-state index in [1.165, 1.54) is 11.5 Å². The fraction of sp³-hybridized carbons (Fsp3) is 0.222. The van der Waals surface area contributed by atoms with E-state index in [9.17, 15) is 0 Å². The minimum atomic E-state index is -0.397. The molecule has 0 saturated carbocycles. The summed E-state index contributed by atoms with van der Waals surface area (Å²) in [6.07, 6.45) is 0. The zero-order chi connectivity index (χ0) is 18.0. The molecule has 0 aliphatic heterocycles. The van der Waals surface area contributed by atoms with Gasteiger partial charge in [0.2, 0.25) is 0 Å². The minimum absolute atomic E-state index is 0.246. The Morgan fingerprint density at radius 3 is 2.58 bits per heavy atom. The molecule has 0 bridgehead atoms. The maximum absolute atomic E-state index is 8.73. The van der Waals surface area contributed by atoms with E-state index in [2.05, 4.69) is 19.6 Å². The average Bonchev–Trinajstić information content (AvgIpc) is 3.22. The first-order valence-corrected chi connectivity index (χ1v) is 8.85. The van der Waals surface area contributed by atoms with Crippen molar-refractivity contribution in [3.63, 3.8) is 0 Å². The Hall–Kier alpha value is -2.93. The van der Waals surface area contributed by atoms with Crippen molar-refractivity contribution in [3.8, 4) is 17.0 Å². The first-order chi connectivity index (χ1) is 12.8. The van der Waals surface area contributed by atoms with E-state index < -0.39 is 6.04 Å². The highest BCUT2D eigenvalue weighted by molar-refractivity contribution is 7.03. The lowest BCUT2D eigenvalue weighted by Crippen LogP contribution is -2.21. The summed E-state index contributed by atoms with van der Waals surface area (Å²) in [5, 5.41) is 9.66. The Morgan fingerprint density at radius 1 is 1.08 bits per heavy atom. The topological polar surface area (TPSA) is 93.0 Å². The van der Waals surface area contributed by atoms with Crippen LogP contribution in [0.1, 0.15) is 5.56 Å². The zero-order valence-corrected chi connectivity index (χ0v) is 14.7. The lowest BCUT2D eigenvalue weighted by Gasteiger charge is -2.13.